The Kier molecular flexibility index (Phi) is 3.10. The maximum atomic E-state index is 12.9. The summed E-state index contributed by atoms with van der Waals surface area (Å²) in [5.41, 5.74) is 0. The number of hydrogen-bond acceptors (Lipinski definition) is 2. The number of benzene rings is 2. The van der Waals surface area contributed by atoms with Gasteiger partial charge in [-0.25, -0.2) is 4.39 Å². The van der Waals surface area contributed by atoms with Gasteiger partial charge in [0.2, 0.25) is 0 Å². The summed E-state index contributed by atoms with van der Waals surface area (Å²) in [7, 11) is 0. The fourth-order valence-corrected chi connectivity index (χ4v) is 1.58. The molecule has 0 aliphatic carbocycles. The largest absolute Gasteiger partial charge is 0.507 e. The highest BCUT2D eigenvalue weighted by Gasteiger charge is 2.02. The molecule has 0 saturated carbocycles. The summed E-state index contributed by atoms with van der Waals surface area (Å²) >= 11 is 3.17. The molecule has 2 nitrogen and oxygen atoms in total. The van der Waals surface area contributed by atoms with Gasteiger partial charge in [-0.2, -0.15) is 0 Å². The Morgan fingerprint density at radius 2 is 1.81 bits per heavy atom. The topological polar surface area (TPSA) is 29.5 Å². The molecule has 0 saturated heterocycles. The van der Waals surface area contributed by atoms with Gasteiger partial charge in [0.25, 0.3) is 0 Å². The van der Waals surface area contributed by atoms with Gasteiger partial charge < -0.3 is 9.84 Å². The van der Waals surface area contributed by atoms with Gasteiger partial charge in [0.1, 0.15) is 23.1 Å². The van der Waals surface area contributed by atoms with Crippen LogP contribution in [-0.4, -0.2) is 5.11 Å². The molecule has 0 bridgehead atoms. The molecule has 0 aliphatic rings. The minimum atomic E-state index is -0.352. The molecular weight excluding hydrogens is 275 g/mol. The van der Waals surface area contributed by atoms with Crippen LogP contribution in [0.25, 0.3) is 0 Å². The molecule has 16 heavy (non-hydrogen) atoms. The molecule has 4 heteroatoms. The average Bonchev–Trinajstić information content (AvgIpc) is 2.24. The van der Waals surface area contributed by atoms with Gasteiger partial charge in [-0.1, -0.05) is 6.07 Å². The van der Waals surface area contributed by atoms with Crippen molar-refractivity contribution in [3.63, 3.8) is 0 Å². The quantitative estimate of drug-likeness (QED) is 0.899. The Balaban J connectivity index is 2.24. The Morgan fingerprint density at radius 1 is 1.06 bits per heavy atom. The van der Waals surface area contributed by atoms with Crippen molar-refractivity contribution in [1.29, 1.82) is 0 Å². The number of aromatic hydroxyl groups is 1. The maximum absolute atomic E-state index is 12.9. The van der Waals surface area contributed by atoms with Crippen LogP contribution >= 0.6 is 15.9 Å². The molecule has 0 fully saturated rings. The molecule has 2 aromatic rings. The van der Waals surface area contributed by atoms with Crippen molar-refractivity contribution in [2.45, 2.75) is 0 Å². The highest BCUT2D eigenvalue weighted by molar-refractivity contribution is 9.10. The molecule has 82 valence electrons. The van der Waals surface area contributed by atoms with E-state index in [-0.39, 0.29) is 11.6 Å². The molecule has 1 N–H and O–H groups in total. The van der Waals surface area contributed by atoms with Crippen LogP contribution in [0.4, 0.5) is 4.39 Å². The average molecular weight is 283 g/mol. The molecule has 2 rings (SSSR count). The van der Waals surface area contributed by atoms with Crippen LogP contribution < -0.4 is 4.74 Å². The smallest absolute Gasteiger partial charge is 0.130 e. The summed E-state index contributed by atoms with van der Waals surface area (Å²) in [6.07, 6.45) is 0. The van der Waals surface area contributed by atoms with Crippen LogP contribution in [0.3, 0.4) is 0 Å². The zero-order chi connectivity index (χ0) is 11.5. The van der Waals surface area contributed by atoms with E-state index in [9.17, 15) is 9.50 Å². The highest BCUT2D eigenvalue weighted by Crippen LogP contribution is 2.30. The standard InChI is InChI=1S/C12H8BrFO2/c13-11-7-10(4-5-12(11)15)16-9-3-1-2-8(14)6-9/h1-7,15H. The van der Waals surface area contributed by atoms with E-state index in [0.717, 1.165) is 0 Å². The SMILES string of the molecule is Oc1ccc(Oc2cccc(F)c2)cc1Br. The molecule has 0 radical (unpaired) electrons. The third-order valence-corrected chi connectivity index (χ3v) is 2.59. The summed E-state index contributed by atoms with van der Waals surface area (Å²) in [5, 5.41) is 9.29. The molecule has 0 spiro atoms. The fourth-order valence-electron chi connectivity index (χ4n) is 1.22. The second kappa shape index (κ2) is 4.53. The lowest BCUT2D eigenvalue weighted by Crippen LogP contribution is -1.85. The van der Waals surface area contributed by atoms with Crippen molar-refractivity contribution in [2.24, 2.45) is 0 Å². The van der Waals surface area contributed by atoms with Gasteiger partial charge in [-0.3, -0.25) is 0 Å². The molecule has 2 aromatic carbocycles. The van der Waals surface area contributed by atoms with Crippen molar-refractivity contribution in [3.05, 3.63) is 52.8 Å². The Labute approximate surface area is 100 Å². The lowest BCUT2D eigenvalue weighted by atomic mass is 10.3. The Morgan fingerprint density at radius 3 is 2.50 bits per heavy atom. The van der Waals surface area contributed by atoms with E-state index in [0.29, 0.717) is 16.0 Å². The summed E-state index contributed by atoms with van der Waals surface area (Å²) in [4.78, 5) is 0. The molecule has 0 atom stereocenters. The van der Waals surface area contributed by atoms with Crippen molar-refractivity contribution >= 4 is 15.9 Å². The van der Waals surface area contributed by atoms with Gasteiger partial charge in [-0.15, -0.1) is 0 Å². The molecule has 0 heterocycles. The minimum absolute atomic E-state index is 0.131. The lowest BCUT2D eigenvalue weighted by Gasteiger charge is -2.06. The fraction of sp³-hybridized carbons (Fsp3) is 0. The lowest BCUT2D eigenvalue weighted by molar-refractivity contribution is 0.459. The maximum Gasteiger partial charge on any atom is 0.130 e. The van der Waals surface area contributed by atoms with Crippen molar-refractivity contribution in [3.8, 4) is 17.2 Å². The monoisotopic (exact) mass is 282 g/mol. The third kappa shape index (κ3) is 2.52. The van der Waals surface area contributed by atoms with E-state index >= 15 is 0 Å². The predicted octanol–water partition coefficient (Wildman–Crippen LogP) is 4.09. The van der Waals surface area contributed by atoms with Crippen LogP contribution in [0.1, 0.15) is 0 Å². The normalized spacial score (nSPS) is 10.1. The first kappa shape index (κ1) is 11.0. The van der Waals surface area contributed by atoms with Crippen LogP contribution in [-0.2, 0) is 0 Å². The van der Waals surface area contributed by atoms with Crippen LogP contribution in [0.2, 0.25) is 0 Å². The number of rotatable bonds is 2. The molecule has 0 aliphatic heterocycles. The van der Waals surface area contributed by atoms with Gasteiger partial charge in [0.15, 0.2) is 0 Å². The summed E-state index contributed by atoms with van der Waals surface area (Å²) in [6.45, 7) is 0. The van der Waals surface area contributed by atoms with E-state index < -0.39 is 0 Å². The second-order valence-corrected chi connectivity index (χ2v) is 4.03. The number of phenols is 1. The van der Waals surface area contributed by atoms with E-state index in [1.807, 2.05) is 0 Å². The summed E-state index contributed by atoms with van der Waals surface area (Å²) < 4.78 is 18.8. The van der Waals surface area contributed by atoms with Crippen molar-refractivity contribution < 1.29 is 14.2 Å². The first-order valence-electron chi connectivity index (χ1n) is 4.57. The van der Waals surface area contributed by atoms with Crippen LogP contribution in [0.15, 0.2) is 46.9 Å². The zero-order valence-electron chi connectivity index (χ0n) is 8.15. The predicted molar refractivity (Wildman–Crippen MR) is 62.3 cm³/mol. The molecule has 0 unspecified atom stereocenters. The first-order valence-corrected chi connectivity index (χ1v) is 5.36. The Hall–Kier alpha value is -1.55. The number of ether oxygens (including phenoxy) is 1. The number of phenolic OH excluding ortho intramolecular Hbond substituents is 1. The van der Waals surface area contributed by atoms with E-state index in [1.54, 1.807) is 24.3 Å². The molecular formula is C12H8BrFO2. The minimum Gasteiger partial charge on any atom is -0.507 e. The van der Waals surface area contributed by atoms with Gasteiger partial charge >= 0.3 is 0 Å². The highest BCUT2D eigenvalue weighted by atomic mass is 79.9. The summed E-state index contributed by atoms with van der Waals surface area (Å²) in [5.74, 6) is 0.717. The second-order valence-electron chi connectivity index (χ2n) is 3.17. The zero-order valence-corrected chi connectivity index (χ0v) is 9.74. The van der Waals surface area contributed by atoms with Gasteiger partial charge in [0, 0.05) is 6.07 Å². The number of hydrogen-bond donors (Lipinski definition) is 1. The van der Waals surface area contributed by atoms with Crippen LogP contribution in [0, 0.1) is 5.82 Å². The Bertz CT molecular complexity index is 514. The van der Waals surface area contributed by atoms with E-state index in [2.05, 4.69) is 15.9 Å². The first-order chi connectivity index (χ1) is 7.65. The van der Waals surface area contributed by atoms with Gasteiger partial charge in [-0.05, 0) is 46.3 Å². The molecule has 0 aromatic heterocycles. The van der Waals surface area contributed by atoms with E-state index in [1.165, 1.54) is 18.2 Å². The third-order valence-electron chi connectivity index (χ3n) is 1.95. The van der Waals surface area contributed by atoms with E-state index in [4.69, 9.17) is 4.74 Å². The summed E-state index contributed by atoms with van der Waals surface area (Å²) in [6, 6.07) is 10.6. The van der Waals surface area contributed by atoms with Gasteiger partial charge in [0.05, 0.1) is 4.47 Å². The number of halogens is 2. The van der Waals surface area contributed by atoms with Crippen LogP contribution in [0.5, 0.6) is 17.2 Å². The molecule has 0 amide bonds. The van der Waals surface area contributed by atoms with Crippen molar-refractivity contribution in [2.75, 3.05) is 0 Å². The van der Waals surface area contributed by atoms with Crippen molar-refractivity contribution in [1.82, 2.24) is 0 Å².